The SMILES string of the molecule is CC(Cl)CN(C)C(=O)c1cc(Cl)ccc1I. The van der Waals surface area contributed by atoms with Crippen molar-refractivity contribution in [3.05, 3.63) is 32.4 Å². The van der Waals surface area contributed by atoms with Crippen LogP contribution < -0.4 is 0 Å². The maximum atomic E-state index is 12.1. The van der Waals surface area contributed by atoms with Crippen LogP contribution in [-0.4, -0.2) is 29.8 Å². The zero-order chi connectivity index (χ0) is 12.3. The molecule has 0 spiro atoms. The summed E-state index contributed by atoms with van der Waals surface area (Å²) in [5, 5.41) is 0.502. The van der Waals surface area contributed by atoms with Crippen LogP contribution in [-0.2, 0) is 0 Å². The first-order valence-electron chi connectivity index (χ1n) is 4.76. The average Bonchev–Trinajstić information content (AvgIpc) is 2.19. The normalized spacial score (nSPS) is 12.3. The van der Waals surface area contributed by atoms with Gasteiger partial charge in [0.05, 0.1) is 5.56 Å². The summed E-state index contributed by atoms with van der Waals surface area (Å²) in [6.07, 6.45) is 0. The molecule has 0 aliphatic carbocycles. The lowest BCUT2D eigenvalue weighted by atomic mass is 10.2. The van der Waals surface area contributed by atoms with Gasteiger partial charge in [0.2, 0.25) is 0 Å². The minimum atomic E-state index is -0.0641. The summed E-state index contributed by atoms with van der Waals surface area (Å²) >= 11 is 13.8. The predicted molar refractivity (Wildman–Crippen MR) is 76.4 cm³/mol. The molecule has 0 saturated carbocycles. The molecular weight excluding hydrogens is 360 g/mol. The van der Waals surface area contributed by atoms with Crippen LogP contribution in [0.1, 0.15) is 17.3 Å². The van der Waals surface area contributed by atoms with Crippen LogP contribution in [0.4, 0.5) is 0 Å². The number of carbonyl (C=O) groups excluding carboxylic acids is 1. The minimum Gasteiger partial charge on any atom is -0.340 e. The molecule has 0 fully saturated rings. The van der Waals surface area contributed by atoms with Crippen molar-refractivity contribution in [2.24, 2.45) is 0 Å². The Morgan fingerprint density at radius 3 is 2.75 bits per heavy atom. The maximum Gasteiger partial charge on any atom is 0.254 e. The molecule has 0 N–H and O–H groups in total. The second-order valence-electron chi connectivity index (χ2n) is 3.59. The Hall–Kier alpha value is -0.000000000000000111. The van der Waals surface area contributed by atoms with Gasteiger partial charge in [0.1, 0.15) is 0 Å². The van der Waals surface area contributed by atoms with Crippen molar-refractivity contribution in [1.82, 2.24) is 4.90 Å². The molecule has 88 valence electrons. The standard InChI is InChI=1S/C11H12Cl2INO/c1-7(12)6-15(2)11(16)9-5-8(13)3-4-10(9)14/h3-5,7H,6H2,1-2H3. The topological polar surface area (TPSA) is 20.3 Å². The zero-order valence-electron chi connectivity index (χ0n) is 9.01. The van der Waals surface area contributed by atoms with Gasteiger partial charge in [0.15, 0.2) is 0 Å². The van der Waals surface area contributed by atoms with E-state index in [2.05, 4.69) is 22.6 Å². The predicted octanol–water partition coefficient (Wildman–Crippen LogP) is 3.64. The summed E-state index contributed by atoms with van der Waals surface area (Å²) in [5.41, 5.74) is 0.618. The van der Waals surface area contributed by atoms with Gasteiger partial charge in [-0.1, -0.05) is 11.6 Å². The molecule has 2 nitrogen and oxygen atoms in total. The summed E-state index contributed by atoms with van der Waals surface area (Å²) in [4.78, 5) is 13.7. The summed E-state index contributed by atoms with van der Waals surface area (Å²) < 4.78 is 0.890. The van der Waals surface area contributed by atoms with Crippen molar-refractivity contribution in [1.29, 1.82) is 0 Å². The van der Waals surface area contributed by atoms with E-state index in [0.29, 0.717) is 17.1 Å². The van der Waals surface area contributed by atoms with Gasteiger partial charge in [-0.3, -0.25) is 4.79 Å². The fraction of sp³-hybridized carbons (Fsp3) is 0.364. The second-order valence-corrected chi connectivity index (χ2v) is 5.93. The van der Waals surface area contributed by atoms with Crippen molar-refractivity contribution in [3.8, 4) is 0 Å². The van der Waals surface area contributed by atoms with Crippen LogP contribution >= 0.6 is 45.8 Å². The highest BCUT2D eigenvalue weighted by atomic mass is 127. The molecule has 1 unspecified atom stereocenters. The number of amides is 1. The van der Waals surface area contributed by atoms with Gasteiger partial charge in [-0.05, 0) is 47.7 Å². The van der Waals surface area contributed by atoms with Crippen LogP contribution in [0.3, 0.4) is 0 Å². The molecule has 0 aliphatic rings. The molecule has 0 saturated heterocycles. The highest BCUT2D eigenvalue weighted by Crippen LogP contribution is 2.19. The summed E-state index contributed by atoms with van der Waals surface area (Å²) in [6.45, 7) is 2.37. The third-order valence-corrected chi connectivity index (χ3v) is 3.34. The lowest BCUT2D eigenvalue weighted by Gasteiger charge is -2.19. The second kappa shape index (κ2) is 6.07. The van der Waals surface area contributed by atoms with Crippen LogP contribution in [0.5, 0.6) is 0 Å². The van der Waals surface area contributed by atoms with Crippen LogP contribution in [0.2, 0.25) is 5.02 Å². The Morgan fingerprint density at radius 1 is 1.56 bits per heavy atom. The van der Waals surface area contributed by atoms with Crippen LogP contribution in [0, 0.1) is 3.57 Å². The van der Waals surface area contributed by atoms with Crippen molar-refractivity contribution in [2.75, 3.05) is 13.6 Å². The number of rotatable bonds is 3. The van der Waals surface area contributed by atoms with Crippen molar-refractivity contribution >= 4 is 51.7 Å². The quantitative estimate of drug-likeness (QED) is 0.586. The number of benzene rings is 1. The molecule has 1 amide bonds. The average molecular weight is 372 g/mol. The molecule has 1 atom stereocenters. The molecule has 0 heterocycles. The largest absolute Gasteiger partial charge is 0.340 e. The summed E-state index contributed by atoms with van der Waals surface area (Å²) in [5.74, 6) is -0.0561. The van der Waals surface area contributed by atoms with E-state index in [1.807, 2.05) is 13.0 Å². The zero-order valence-corrected chi connectivity index (χ0v) is 12.7. The first-order chi connectivity index (χ1) is 7.41. The van der Waals surface area contributed by atoms with Crippen LogP contribution in [0.25, 0.3) is 0 Å². The molecule has 0 aliphatic heterocycles. The van der Waals surface area contributed by atoms with Crippen molar-refractivity contribution < 1.29 is 4.79 Å². The summed E-state index contributed by atoms with van der Waals surface area (Å²) in [6, 6.07) is 5.28. The lowest BCUT2D eigenvalue weighted by Crippen LogP contribution is -2.31. The fourth-order valence-electron chi connectivity index (χ4n) is 1.33. The van der Waals surface area contributed by atoms with Crippen molar-refractivity contribution in [2.45, 2.75) is 12.3 Å². The number of hydrogen-bond donors (Lipinski definition) is 0. The maximum absolute atomic E-state index is 12.1. The van der Waals surface area contributed by atoms with E-state index in [-0.39, 0.29) is 11.3 Å². The molecule has 1 aromatic carbocycles. The molecule has 16 heavy (non-hydrogen) atoms. The molecule has 5 heteroatoms. The number of halogens is 3. The van der Waals surface area contributed by atoms with Gasteiger partial charge in [-0.25, -0.2) is 0 Å². The highest BCUT2D eigenvalue weighted by molar-refractivity contribution is 14.1. The molecular formula is C11H12Cl2INO. The van der Waals surface area contributed by atoms with Gasteiger partial charge < -0.3 is 4.90 Å². The molecule has 1 rings (SSSR count). The smallest absolute Gasteiger partial charge is 0.254 e. The summed E-state index contributed by atoms with van der Waals surface area (Å²) in [7, 11) is 1.73. The van der Waals surface area contributed by atoms with E-state index in [1.165, 1.54) is 0 Å². The van der Waals surface area contributed by atoms with E-state index < -0.39 is 0 Å². The van der Waals surface area contributed by atoms with E-state index in [1.54, 1.807) is 24.1 Å². The Balaban J connectivity index is 2.91. The number of nitrogens with zero attached hydrogens (tertiary/aromatic N) is 1. The number of hydrogen-bond acceptors (Lipinski definition) is 1. The van der Waals surface area contributed by atoms with E-state index in [4.69, 9.17) is 23.2 Å². The third-order valence-electron chi connectivity index (χ3n) is 2.03. The lowest BCUT2D eigenvalue weighted by molar-refractivity contribution is 0.0795. The number of alkyl halides is 1. The van der Waals surface area contributed by atoms with E-state index in [9.17, 15) is 4.79 Å². The van der Waals surface area contributed by atoms with Gasteiger partial charge in [-0.2, -0.15) is 0 Å². The van der Waals surface area contributed by atoms with E-state index >= 15 is 0 Å². The third kappa shape index (κ3) is 3.79. The fourth-order valence-corrected chi connectivity index (χ4v) is 2.27. The first kappa shape index (κ1) is 14.1. The van der Waals surface area contributed by atoms with Gasteiger partial charge in [0, 0.05) is 27.6 Å². The Morgan fingerprint density at radius 2 is 2.19 bits per heavy atom. The molecule has 0 radical (unpaired) electrons. The molecule has 1 aromatic rings. The monoisotopic (exact) mass is 371 g/mol. The number of carbonyl (C=O) groups is 1. The Bertz CT molecular complexity index is 396. The van der Waals surface area contributed by atoms with Gasteiger partial charge in [0.25, 0.3) is 5.91 Å². The minimum absolute atomic E-state index is 0.0561. The van der Waals surface area contributed by atoms with Gasteiger partial charge >= 0.3 is 0 Å². The Kier molecular flexibility index (Phi) is 5.34. The Labute approximate surface area is 119 Å². The highest BCUT2D eigenvalue weighted by Gasteiger charge is 2.16. The van der Waals surface area contributed by atoms with E-state index in [0.717, 1.165) is 3.57 Å². The molecule has 0 bridgehead atoms. The van der Waals surface area contributed by atoms with Crippen molar-refractivity contribution in [3.63, 3.8) is 0 Å². The first-order valence-corrected chi connectivity index (χ1v) is 6.65. The van der Waals surface area contributed by atoms with Crippen LogP contribution in [0.15, 0.2) is 18.2 Å². The molecule has 0 aromatic heterocycles. The van der Waals surface area contributed by atoms with Gasteiger partial charge in [-0.15, -0.1) is 11.6 Å².